The van der Waals surface area contributed by atoms with Crippen LogP contribution in [0.5, 0.6) is 0 Å². The van der Waals surface area contributed by atoms with Crippen LogP contribution in [0.3, 0.4) is 0 Å². The maximum atomic E-state index is 12.8. The summed E-state index contributed by atoms with van der Waals surface area (Å²) >= 11 is 1.32. The Kier molecular flexibility index (Phi) is 6.79. The Balaban J connectivity index is 1.89. The number of hydrogen-bond acceptors (Lipinski definition) is 6. The van der Waals surface area contributed by atoms with E-state index < -0.39 is 11.9 Å². The van der Waals surface area contributed by atoms with Crippen molar-refractivity contribution >= 4 is 28.2 Å². The second-order valence-electron chi connectivity index (χ2n) is 6.57. The molecule has 0 bridgehead atoms. The van der Waals surface area contributed by atoms with Crippen molar-refractivity contribution in [1.82, 2.24) is 9.78 Å². The Hall–Kier alpha value is -3.26. The van der Waals surface area contributed by atoms with Gasteiger partial charge in [-0.15, -0.1) is 11.3 Å². The molecule has 0 atom stereocenters. The Morgan fingerprint density at radius 3 is 2.53 bits per heavy atom. The average molecular weight is 426 g/mol. The van der Waals surface area contributed by atoms with Crippen LogP contribution in [-0.2, 0) is 17.7 Å². The molecule has 3 aromatic rings. The molecule has 156 valence electrons. The number of anilines is 1. The van der Waals surface area contributed by atoms with E-state index in [1.165, 1.54) is 28.2 Å². The smallest absolute Gasteiger partial charge is 0.341 e. The van der Waals surface area contributed by atoms with Gasteiger partial charge in [0.1, 0.15) is 10.7 Å². The van der Waals surface area contributed by atoms with Crippen LogP contribution >= 0.6 is 11.3 Å². The maximum Gasteiger partial charge on any atom is 0.341 e. The second kappa shape index (κ2) is 9.49. The van der Waals surface area contributed by atoms with E-state index >= 15 is 0 Å². The van der Waals surface area contributed by atoms with E-state index in [0.717, 1.165) is 16.0 Å². The van der Waals surface area contributed by atoms with E-state index in [0.29, 0.717) is 17.0 Å². The number of aromatic nitrogens is 2. The van der Waals surface area contributed by atoms with Gasteiger partial charge in [-0.25, -0.2) is 9.48 Å². The molecule has 0 aliphatic rings. The van der Waals surface area contributed by atoms with Crippen LogP contribution in [0.1, 0.15) is 50.7 Å². The first kappa shape index (κ1) is 21.4. The lowest BCUT2D eigenvalue weighted by atomic mass is 10.1. The minimum Gasteiger partial charge on any atom is -0.462 e. The van der Waals surface area contributed by atoms with Crippen molar-refractivity contribution in [3.05, 3.63) is 80.1 Å². The number of nitrogens with zero attached hydrogens (tertiary/aromatic N) is 2. The molecule has 1 amide bonds. The first-order valence-electron chi connectivity index (χ1n) is 9.67. The molecule has 8 heteroatoms. The third-order valence-corrected chi connectivity index (χ3v) is 5.61. The van der Waals surface area contributed by atoms with E-state index in [-0.39, 0.29) is 24.4 Å². The molecule has 30 heavy (non-hydrogen) atoms. The number of ether oxygens (including phenoxy) is 1. The predicted octanol–water partition coefficient (Wildman–Crippen LogP) is 3.65. The fourth-order valence-corrected chi connectivity index (χ4v) is 4.25. The maximum absolute atomic E-state index is 12.8. The molecule has 1 aromatic carbocycles. The first-order chi connectivity index (χ1) is 14.4. The van der Waals surface area contributed by atoms with Crippen molar-refractivity contribution < 1.29 is 14.3 Å². The summed E-state index contributed by atoms with van der Waals surface area (Å²) in [5, 5.41) is 7.40. The lowest BCUT2D eigenvalue weighted by molar-refractivity contribution is 0.0527. The van der Waals surface area contributed by atoms with Crippen molar-refractivity contribution in [3.63, 3.8) is 0 Å². The van der Waals surface area contributed by atoms with Crippen molar-refractivity contribution in [2.24, 2.45) is 0 Å². The molecule has 0 saturated heterocycles. The largest absolute Gasteiger partial charge is 0.462 e. The zero-order chi connectivity index (χ0) is 21.7. The highest BCUT2D eigenvalue weighted by atomic mass is 32.1. The van der Waals surface area contributed by atoms with Gasteiger partial charge < -0.3 is 10.1 Å². The molecule has 0 aliphatic carbocycles. The van der Waals surface area contributed by atoms with E-state index in [4.69, 9.17) is 4.74 Å². The van der Waals surface area contributed by atoms with Crippen LogP contribution in [0.4, 0.5) is 5.00 Å². The number of nitrogens with one attached hydrogen (secondary N) is 1. The molecule has 0 unspecified atom stereocenters. The summed E-state index contributed by atoms with van der Waals surface area (Å²) in [6.45, 7) is 6.09. The Morgan fingerprint density at radius 2 is 1.87 bits per heavy atom. The summed E-state index contributed by atoms with van der Waals surface area (Å²) in [7, 11) is 0. The molecule has 0 saturated carbocycles. The molecule has 0 fully saturated rings. The van der Waals surface area contributed by atoms with E-state index in [2.05, 4.69) is 10.4 Å². The summed E-state index contributed by atoms with van der Waals surface area (Å²) < 4.78 is 6.41. The molecule has 0 radical (unpaired) electrons. The van der Waals surface area contributed by atoms with Gasteiger partial charge in [-0.3, -0.25) is 9.59 Å². The minimum atomic E-state index is -0.494. The molecule has 0 aliphatic heterocycles. The number of carbonyl (C=O) groups is 2. The van der Waals surface area contributed by atoms with Crippen molar-refractivity contribution in [2.75, 3.05) is 11.9 Å². The topological polar surface area (TPSA) is 90.3 Å². The normalized spacial score (nSPS) is 10.6. The van der Waals surface area contributed by atoms with Crippen LogP contribution in [0.2, 0.25) is 0 Å². The molecule has 7 nitrogen and oxygen atoms in total. The first-order valence-corrected chi connectivity index (χ1v) is 10.5. The highest BCUT2D eigenvalue weighted by Crippen LogP contribution is 2.34. The molecule has 2 aromatic heterocycles. The lowest BCUT2D eigenvalue weighted by Gasteiger charge is -2.09. The third-order valence-electron chi connectivity index (χ3n) is 4.54. The van der Waals surface area contributed by atoms with Gasteiger partial charge in [-0.1, -0.05) is 37.3 Å². The minimum absolute atomic E-state index is 0.0874. The molecular weight excluding hydrogens is 402 g/mol. The van der Waals surface area contributed by atoms with E-state index in [9.17, 15) is 14.4 Å². The SMILES string of the molecule is CCOC(=O)c1c(NC(=O)c2ccc(=O)n(Cc3ccccc3)n2)sc(C)c1CC. The van der Waals surface area contributed by atoms with E-state index in [1.807, 2.05) is 44.2 Å². The highest BCUT2D eigenvalue weighted by Gasteiger charge is 2.24. The molecule has 3 rings (SSSR count). The summed E-state index contributed by atoms with van der Waals surface area (Å²) in [6.07, 6.45) is 0.645. The van der Waals surface area contributed by atoms with Crippen LogP contribution < -0.4 is 10.9 Å². The van der Waals surface area contributed by atoms with Crippen molar-refractivity contribution in [3.8, 4) is 0 Å². The average Bonchev–Trinajstić information content (AvgIpc) is 3.05. The van der Waals surface area contributed by atoms with Crippen molar-refractivity contribution in [2.45, 2.75) is 33.7 Å². The molecule has 0 spiro atoms. The van der Waals surface area contributed by atoms with Gasteiger partial charge in [0.05, 0.1) is 18.7 Å². The molecule has 1 N–H and O–H groups in total. The summed E-state index contributed by atoms with van der Waals surface area (Å²) in [6, 6.07) is 12.1. The number of benzene rings is 1. The van der Waals surface area contributed by atoms with Crippen molar-refractivity contribution in [1.29, 1.82) is 0 Å². The second-order valence-corrected chi connectivity index (χ2v) is 7.79. The standard InChI is InChI=1S/C22H23N3O4S/c1-4-16-14(3)30-21(19(16)22(28)29-5-2)23-20(27)17-11-12-18(26)25(24-17)13-15-9-7-6-8-10-15/h6-12H,4-5,13H2,1-3H3,(H,23,27). The zero-order valence-corrected chi connectivity index (χ0v) is 17.9. The summed E-state index contributed by atoms with van der Waals surface area (Å²) in [4.78, 5) is 38.4. The Labute approximate surface area is 178 Å². The van der Waals surface area contributed by atoms with Crippen LogP contribution in [-0.4, -0.2) is 28.3 Å². The lowest BCUT2D eigenvalue weighted by Crippen LogP contribution is -2.26. The molecule has 2 heterocycles. The fourth-order valence-electron chi connectivity index (χ4n) is 3.12. The molecular formula is C22H23N3O4S. The van der Waals surface area contributed by atoms with Gasteiger partial charge in [0.25, 0.3) is 11.5 Å². The Morgan fingerprint density at radius 1 is 1.13 bits per heavy atom. The van der Waals surface area contributed by atoms with Crippen LogP contribution in [0.25, 0.3) is 0 Å². The number of amides is 1. The van der Waals surface area contributed by atoms with Gasteiger partial charge >= 0.3 is 5.97 Å². The number of rotatable bonds is 7. The van der Waals surface area contributed by atoms with Gasteiger partial charge in [0.2, 0.25) is 0 Å². The summed E-state index contributed by atoms with van der Waals surface area (Å²) in [5.41, 5.74) is 1.92. The van der Waals surface area contributed by atoms with Gasteiger partial charge in [0, 0.05) is 10.9 Å². The number of carbonyl (C=O) groups excluding carboxylic acids is 2. The van der Waals surface area contributed by atoms with Crippen LogP contribution in [0.15, 0.2) is 47.3 Å². The van der Waals surface area contributed by atoms with E-state index in [1.54, 1.807) is 6.92 Å². The Bertz CT molecular complexity index is 1120. The zero-order valence-electron chi connectivity index (χ0n) is 17.1. The van der Waals surface area contributed by atoms with Gasteiger partial charge in [-0.2, -0.15) is 5.10 Å². The van der Waals surface area contributed by atoms with Gasteiger partial charge in [0.15, 0.2) is 0 Å². The quantitative estimate of drug-likeness (QED) is 0.584. The number of thiophene rings is 1. The van der Waals surface area contributed by atoms with Gasteiger partial charge in [-0.05, 0) is 37.5 Å². The fraction of sp³-hybridized carbons (Fsp3) is 0.273. The monoisotopic (exact) mass is 425 g/mol. The number of esters is 1. The van der Waals surface area contributed by atoms with Crippen LogP contribution in [0, 0.1) is 6.92 Å². The summed E-state index contributed by atoms with van der Waals surface area (Å²) in [5.74, 6) is -0.956. The predicted molar refractivity (Wildman–Crippen MR) is 116 cm³/mol. The highest BCUT2D eigenvalue weighted by molar-refractivity contribution is 7.16. The third kappa shape index (κ3) is 4.65. The number of aryl methyl sites for hydroxylation is 1. The number of hydrogen-bond donors (Lipinski definition) is 1.